The van der Waals surface area contributed by atoms with Gasteiger partial charge in [-0.05, 0) is 35.9 Å². The van der Waals surface area contributed by atoms with Gasteiger partial charge in [0, 0.05) is 16.6 Å². The fourth-order valence-corrected chi connectivity index (χ4v) is 2.33. The summed E-state index contributed by atoms with van der Waals surface area (Å²) in [7, 11) is 0. The van der Waals surface area contributed by atoms with Gasteiger partial charge in [-0.3, -0.25) is 4.79 Å². The van der Waals surface area contributed by atoms with E-state index in [-0.39, 0.29) is 10.6 Å². The highest BCUT2D eigenvalue weighted by atomic mass is 35.5. The minimum absolute atomic E-state index is 0.154. The standard InChI is InChI=1S/C16H12Cl3NO3/c17-11-3-1-10(2-4-11)8-20-15(21)9-23-16(22)13-6-5-12(18)7-14(13)19/h1-7H,8-9H2,(H,20,21). The molecule has 0 saturated heterocycles. The molecule has 0 fully saturated rings. The lowest BCUT2D eigenvalue weighted by Crippen LogP contribution is -2.28. The van der Waals surface area contributed by atoms with E-state index in [9.17, 15) is 9.59 Å². The van der Waals surface area contributed by atoms with Crippen molar-refractivity contribution in [2.45, 2.75) is 6.54 Å². The molecule has 23 heavy (non-hydrogen) atoms. The van der Waals surface area contributed by atoms with Crippen molar-refractivity contribution >= 4 is 46.7 Å². The highest BCUT2D eigenvalue weighted by Gasteiger charge is 2.14. The molecule has 1 amide bonds. The van der Waals surface area contributed by atoms with Crippen LogP contribution < -0.4 is 5.32 Å². The van der Waals surface area contributed by atoms with Crippen LogP contribution in [0, 0.1) is 0 Å². The molecule has 0 heterocycles. The molecule has 4 nitrogen and oxygen atoms in total. The third-order valence-corrected chi connectivity index (χ3v) is 3.69. The third-order valence-electron chi connectivity index (χ3n) is 2.89. The monoisotopic (exact) mass is 371 g/mol. The number of esters is 1. The summed E-state index contributed by atoms with van der Waals surface area (Å²) in [6.07, 6.45) is 0. The van der Waals surface area contributed by atoms with E-state index < -0.39 is 18.5 Å². The molecule has 0 unspecified atom stereocenters. The fourth-order valence-electron chi connectivity index (χ4n) is 1.72. The van der Waals surface area contributed by atoms with E-state index in [0.29, 0.717) is 16.6 Å². The molecular formula is C16H12Cl3NO3. The Morgan fingerprint density at radius 3 is 2.26 bits per heavy atom. The summed E-state index contributed by atoms with van der Waals surface area (Å²) in [5.41, 5.74) is 1.04. The van der Waals surface area contributed by atoms with E-state index >= 15 is 0 Å². The summed E-state index contributed by atoms with van der Waals surface area (Å²) in [6.45, 7) is -0.0827. The number of nitrogens with one attached hydrogen (secondary N) is 1. The van der Waals surface area contributed by atoms with Gasteiger partial charge in [-0.15, -0.1) is 0 Å². The second-order valence-corrected chi connectivity index (χ2v) is 5.88. The Bertz CT molecular complexity index is 717. The first kappa shape index (κ1) is 17.6. The molecular weight excluding hydrogens is 361 g/mol. The first-order valence-corrected chi connectivity index (χ1v) is 7.72. The molecule has 0 aliphatic carbocycles. The number of rotatable bonds is 5. The van der Waals surface area contributed by atoms with Crippen molar-refractivity contribution in [1.82, 2.24) is 5.32 Å². The predicted molar refractivity (Wildman–Crippen MR) is 90.0 cm³/mol. The molecule has 0 aromatic heterocycles. The van der Waals surface area contributed by atoms with Crippen LogP contribution in [-0.2, 0) is 16.1 Å². The van der Waals surface area contributed by atoms with Crippen LogP contribution in [0.5, 0.6) is 0 Å². The highest BCUT2D eigenvalue weighted by molar-refractivity contribution is 6.36. The first-order valence-electron chi connectivity index (χ1n) is 6.59. The van der Waals surface area contributed by atoms with Crippen molar-refractivity contribution in [1.29, 1.82) is 0 Å². The molecule has 0 saturated carbocycles. The van der Waals surface area contributed by atoms with Gasteiger partial charge in [0.1, 0.15) is 0 Å². The lowest BCUT2D eigenvalue weighted by atomic mass is 10.2. The Morgan fingerprint density at radius 2 is 1.61 bits per heavy atom. The molecule has 2 aromatic carbocycles. The second-order valence-electron chi connectivity index (χ2n) is 4.60. The molecule has 7 heteroatoms. The Hall–Kier alpha value is -1.75. The maximum Gasteiger partial charge on any atom is 0.340 e. The van der Waals surface area contributed by atoms with Crippen molar-refractivity contribution in [3.05, 3.63) is 68.7 Å². The van der Waals surface area contributed by atoms with Crippen molar-refractivity contribution in [2.75, 3.05) is 6.61 Å². The van der Waals surface area contributed by atoms with Crippen molar-refractivity contribution < 1.29 is 14.3 Å². The van der Waals surface area contributed by atoms with Gasteiger partial charge in [0.05, 0.1) is 10.6 Å². The zero-order valence-electron chi connectivity index (χ0n) is 11.8. The fraction of sp³-hybridized carbons (Fsp3) is 0.125. The maximum atomic E-state index is 11.8. The van der Waals surface area contributed by atoms with E-state index in [2.05, 4.69) is 5.32 Å². The Labute approximate surface area is 148 Å². The third kappa shape index (κ3) is 5.43. The van der Waals surface area contributed by atoms with E-state index in [1.807, 2.05) is 0 Å². The number of halogens is 3. The average Bonchev–Trinajstić information content (AvgIpc) is 2.52. The molecule has 0 atom stereocenters. The van der Waals surface area contributed by atoms with Crippen LogP contribution in [0.2, 0.25) is 15.1 Å². The lowest BCUT2D eigenvalue weighted by molar-refractivity contribution is -0.124. The summed E-state index contributed by atoms with van der Waals surface area (Å²) in [6, 6.07) is 11.4. The number of amides is 1. The summed E-state index contributed by atoms with van der Waals surface area (Å²) >= 11 is 17.4. The van der Waals surface area contributed by atoms with E-state index in [1.54, 1.807) is 24.3 Å². The van der Waals surface area contributed by atoms with Gasteiger partial charge in [0.2, 0.25) is 0 Å². The topological polar surface area (TPSA) is 55.4 Å². The summed E-state index contributed by atoms with van der Waals surface area (Å²) < 4.78 is 4.92. The number of carbonyl (C=O) groups excluding carboxylic acids is 2. The van der Waals surface area contributed by atoms with Crippen molar-refractivity contribution in [2.24, 2.45) is 0 Å². The number of benzene rings is 2. The first-order chi connectivity index (χ1) is 11.0. The highest BCUT2D eigenvalue weighted by Crippen LogP contribution is 2.21. The van der Waals surface area contributed by atoms with Crippen LogP contribution in [0.1, 0.15) is 15.9 Å². The van der Waals surface area contributed by atoms with Crippen LogP contribution in [0.4, 0.5) is 0 Å². The zero-order valence-corrected chi connectivity index (χ0v) is 14.1. The molecule has 1 N–H and O–H groups in total. The quantitative estimate of drug-likeness (QED) is 0.803. The van der Waals surface area contributed by atoms with Gasteiger partial charge in [-0.2, -0.15) is 0 Å². The smallest absolute Gasteiger partial charge is 0.340 e. The van der Waals surface area contributed by atoms with Crippen molar-refractivity contribution in [3.63, 3.8) is 0 Å². The van der Waals surface area contributed by atoms with Gasteiger partial charge in [0.15, 0.2) is 6.61 Å². The predicted octanol–water partition coefficient (Wildman–Crippen LogP) is 4.12. The SMILES string of the molecule is O=C(COC(=O)c1ccc(Cl)cc1Cl)NCc1ccc(Cl)cc1. The number of hydrogen-bond acceptors (Lipinski definition) is 3. The molecule has 0 spiro atoms. The Balaban J connectivity index is 1.81. The molecule has 0 bridgehead atoms. The summed E-state index contributed by atoms with van der Waals surface area (Å²) in [5.74, 6) is -1.10. The van der Waals surface area contributed by atoms with Gasteiger partial charge >= 0.3 is 5.97 Å². The van der Waals surface area contributed by atoms with Crippen LogP contribution >= 0.6 is 34.8 Å². The second kappa shape index (κ2) is 8.20. The van der Waals surface area contributed by atoms with E-state index in [0.717, 1.165) is 5.56 Å². The summed E-state index contributed by atoms with van der Waals surface area (Å²) in [4.78, 5) is 23.5. The minimum atomic E-state index is -0.687. The van der Waals surface area contributed by atoms with Gasteiger partial charge in [-0.25, -0.2) is 4.79 Å². The molecule has 0 radical (unpaired) electrons. The Morgan fingerprint density at radius 1 is 0.957 bits per heavy atom. The normalized spacial score (nSPS) is 10.2. The molecule has 2 aromatic rings. The van der Waals surface area contributed by atoms with Gasteiger partial charge in [0.25, 0.3) is 5.91 Å². The minimum Gasteiger partial charge on any atom is -0.452 e. The number of hydrogen-bond donors (Lipinski definition) is 1. The maximum absolute atomic E-state index is 11.8. The van der Waals surface area contributed by atoms with Crippen LogP contribution in [0.25, 0.3) is 0 Å². The number of carbonyl (C=O) groups is 2. The molecule has 120 valence electrons. The zero-order chi connectivity index (χ0) is 16.8. The van der Waals surface area contributed by atoms with Crippen molar-refractivity contribution in [3.8, 4) is 0 Å². The molecule has 0 aliphatic heterocycles. The number of ether oxygens (including phenoxy) is 1. The van der Waals surface area contributed by atoms with Gasteiger partial charge in [-0.1, -0.05) is 46.9 Å². The molecule has 0 aliphatic rings. The summed E-state index contributed by atoms with van der Waals surface area (Å²) in [5, 5.41) is 3.83. The Kier molecular flexibility index (Phi) is 6.28. The van der Waals surface area contributed by atoms with E-state index in [1.165, 1.54) is 18.2 Å². The average molecular weight is 373 g/mol. The largest absolute Gasteiger partial charge is 0.452 e. The van der Waals surface area contributed by atoms with E-state index in [4.69, 9.17) is 39.5 Å². The lowest BCUT2D eigenvalue weighted by Gasteiger charge is -2.08. The molecule has 2 rings (SSSR count). The van der Waals surface area contributed by atoms with Gasteiger partial charge < -0.3 is 10.1 Å². The van der Waals surface area contributed by atoms with Crippen LogP contribution in [0.3, 0.4) is 0 Å². The van der Waals surface area contributed by atoms with Crippen LogP contribution in [-0.4, -0.2) is 18.5 Å². The van der Waals surface area contributed by atoms with Crippen LogP contribution in [0.15, 0.2) is 42.5 Å².